The molecule has 0 spiro atoms. The van der Waals surface area contributed by atoms with Crippen molar-refractivity contribution in [2.45, 2.75) is 81.1 Å². The fraction of sp³-hybridized carbons (Fsp3) is 0.600. The maximum atomic E-state index is 10.4. The van der Waals surface area contributed by atoms with E-state index >= 15 is 0 Å². The Bertz CT molecular complexity index is 1110. The van der Waals surface area contributed by atoms with Gasteiger partial charge in [0.05, 0.1) is 15.9 Å². The molecule has 44 heavy (non-hydrogen) atoms. The second-order valence-electron chi connectivity index (χ2n) is 10.1. The summed E-state index contributed by atoms with van der Waals surface area (Å²) < 4.78 is 25.6. The van der Waals surface area contributed by atoms with Crippen molar-refractivity contribution in [3.63, 3.8) is 0 Å². The summed E-state index contributed by atoms with van der Waals surface area (Å²) in [6, 6.07) is 8.34. The molecule has 6 nitrogen and oxygen atoms in total. The molecule has 14 heteroatoms. The van der Waals surface area contributed by atoms with Crippen LogP contribution in [-0.4, -0.2) is 51.2 Å². The molecule has 0 heterocycles. The Labute approximate surface area is 325 Å². The molecule has 0 radical (unpaired) electrons. The van der Waals surface area contributed by atoms with Crippen LogP contribution in [0.3, 0.4) is 0 Å². The van der Waals surface area contributed by atoms with Crippen molar-refractivity contribution in [2.24, 2.45) is 5.73 Å². The zero-order chi connectivity index (χ0) is 35.0. The molecule has 2 aromatic carbocycles. The van der Waals surface area contributed by atoms with Crippen LogP contribution in [0.25, 0.3) is 0 Å². The van der Waals surface area contributed by atoms with E-state index in [9.17, 15) is 4.89 Å². The number of benzene rings is 2. The van der Waals surface area contributed by atoms with Crippen LogP contribution >= 0.6 is 119 Å². The van der Waals surface area contributed by atoms with E-state index in [1.807, 2.05) is 48.5 Å². The number of halogens is 7. The number of hydrogen-bond donors (Lipinski definition) is 2. The van der Waals surface area contributed by atoms with E-state index < -0.39 is 7.28 Å². The van der Waals surface area contributed by atoms with Crippen molar-refractivity contribution in [1.29, 1.82) is 0 Å². The normalized spacial score (nSPS) is 13.6. The summed E-state index contributed by atoms with van der Waals surface area (Å²) >= 11 is 24.6. The molecule has 2 atom stereocenters. The second kappa shape index (κ2) is 23.4. The Morgan fingerprint density at radius 2 is 1.00 bits per heavy atom. The van der Waals surface area contributed by atoms with Gasteiger partial charge >= 0.3 is 74.5 Å². The van der Waals surface area contributed by atoms with Gasteiger partial charge in [-0.3, -0.25) is 0 Å². The van der Waals surface area contributed by atoms with E-state index in [4.69, 9.17) is 24.3 Å². The van der Waals surface area contributed by atoms with Crippen molar-refractivity contribution in [3.8, 4) is 0 Å². The first-order chi connectivity index (χ1) is 20.3. The molecule has 258 valence electrons. The van der Waals surface area contributed by atoms with Gasteiger partial charge in [-0.05, 0) is 66.9 Å². The monoisotopic (exact) mass is 1090 g/mol. The van der Waals surface area contributed by atoms with Gasteiger partial charge in [0.2, 0.25) is 0 Å². The van der Waals surface area contributed by atoms with Crippen LogP contribution in [0.4, 0.5) is 0 Å². The van der Waals surface area contributed by atoms with Crippen LogP contribution in [-0.2, 0) is 23.9 Å². The number of methoxy groups -OCH3 is 2. The molecule has 0 aromatic heterocycles. The molecule has 2 rings (SSSR count). The summed E-state index contributed by atoms with van der Waals surface area (Å²) in [5.74, 6) is 0. The predicted octanol–water partition coefficient (Wildman–Crippen LogP) is 12.9. The third-order valence-corrected chi connectivity index (χ3v) is 16.5. The number of alkyl halides is 3. The fourth-order valence-corrected chi connectivity index (χ4v) is 11.6. The molecular weight excluding hydrogens is 1040 g/mol. The number of hydrogen-bond acceptors (Lipinski definition) is 6. The summed E-state index contributed by atoms with van der Waals surface area (Å²) in [4.78, 5) is 10.4. The van der Waals surface area contributed by atoms with Crippen molar-refractivity contribution >= 4 is 119 Å². The summed E-state index contributed by atoms with van der Waals surface area (Å²) in [7, 11) is 3.08. The van der Waals surface area contributed by atoms with E-state index in [1.165, 1.54) is 19.8 Å². The van der Waals surface area contributed by atoms with Crippen LogP contribution < -0.4 is 5.73 Å². The van der Waals surface area contributed by atoms with Gasteiger partial charge in [0.1, 0.15) is 0 Å². The number of ether oxygens (including phenoxy) is 2. The standard InChI is InChI=1S/C10H10Br4O.C10H11Br3O.C8H21O3P.C2H7N/c1-5(15-2)6-3-9(12)7(10(13)14)4-8(6)11;1-6(14-2)8-4-9(12)7(5-11)3-10(8)13;1-7(2)12(9,10-5,11-6)8(3)4;1-2-3/h3-5,10H,1-2H3;3-4,6H,5H2,1-2H3;7-9H,1-6H3;2-3H2,1H3. The topological polar surface area (TPSA) is 83.2 Å². The molecule has 0 aliphatic rings. The number of rotatable bonds is 10. The van der Waals surface area contributed by atoms with E-state index in [1.54, 1.807) is 14.2 Å². The molecule has 0 aliphatic carbocycles. The Morgan fingerprint density at radius 3 is 1.27 bits per heavy atom. The molecular formula is C30H49Br7NO5P. The second-order valence-corrected chi connectivity index (χ2v) is 22.0. The molecule has 0 fully saturated rings. The van der Waals surface area contributed by atoms with Crippen molar-refractivity contribution in [1.82, 2.24) is 0 Å². The Morgan fingerprint density at radius 1 is 0.682 bits per heavy atom. The van der Waals surface area contributed by atoms with Gasteiger partial charge < -0.3 is 15.2 Å². The summed E-state index contributed by atoms with van der Waals surface area (Å²) in [5, 5.41) is 0.841. The minimum atomic E-state index is -3.37. The first-order valence-electron chi connectivity index (χ1n) is 13.8. The Hall–Kier alpha value is 1.99. The van der Waals surface area contributed by atoms with Gasteiger partial charge in [-0.2, -0.15) is 0 Å². The Balaban J connectivity index is 0. The molecule has 3 N–H and O–H groups in total. The van der Waals surface area contributed by atoms with E-state index in [0.29, 0.717) is 0 Å². The first kappa shape index (κ1) is 48.1. The van der Waals surface area contributed by atoms with Crippen LogP contribution in [0.1, 0.15) is 86.7 Å². The number of nitrogens with two attached hydrogens (primary N) is 1. The van der Waals surface area contributed by atoms with Crippen LogP contribution in [0.5, 0.6) is 0 Å². The van der Waals surface area contributed by atoms with Gasteiger partial charge in [-0.15, -0.1) is 0 Å². The third-order valence-electron chi connectivity index (χ3n) is 6.88. The first-order valence-corrected chi connectivity index (χ1v) is 22.0. The van der Waals surface area contributed by atoms with Crippen LogP contribution in [0.15, 0.2) is 42.2 Å². The summed E-state index contributed by atoms with van der Waals surface area (Å²) in [5.41, 5.74) is 9.52. The summed E-state index contributed by atoms with van der Waals surface area (Å²) in [6.07, 6.45) is 0.180. The fourth-order valence-electron chi connectivity index (χ4n) is 3.84. The van der Waals surface area contributed by atoms with Crippen molar-refractivity contribution < 1.29 is 23.4 Å². The maximum absolute atomic E-state index is 10.4. The molecule has 2 unspecified atom stereocenters. The van der Waals surface area contributed by atoms with Crippen LogP contribution in [0, 0.1) is 0 Å². The molecule has 0 saturated heterocycles. The third kappa shape index (κ3) is 14.1. The zero-order valence-electron chi connectivity index (χ0n) is 27.4. The summed E-state index contributed by atoms with van der Waals surface area (Å²) in [6.45, 7) is 14.4. The Kier molecular flexibility index (Phi) is 25.6. The van der Waals surface area contributed by atoms with Crippen molar-refractivity contribution in [3.05, 3.63) is 64.4 Å². The molecule has 0 amide bonds. The molecule has 0 bridgehead atoms. The van der Waals surface area contributed by atoms with E-state index in [-0.39, 0.29) is 27.3 Å². The van der Waals surface area contributed by atoms with E-state index in [2.05, 4.69) is 136 Å². The zero-order valence-corrected chi connectivity index (χ0v) is 39.4. The van der Waals surface area contributed by atoms with E-state index in [0.717, 1.165) is 46.5 Å². The average Bonchev–Trinajstić information content (AvgIpc) is 2.98. The minimum absolute atomic E-state index is 0.00556. The average molecular weight is 1090 g/mol. The van der Waals surface area contributed by atoms with Gasteiger partial charge in [0, 0.05) is 37.4 Å². The molecule has 2 aromatic rings. The van der Waals surface area contributed by atoms with Crippen molar-refractivity contribution in [2.75, 3.05) is 35.0 Å². The van der Waals surface area contributed by atoms with Crippen LogP contribution in [0.2, 0.25) is 0 Å². The molecule has 0 saturated carbocycles. The molecule has 0 aliphatic heterocycles. The SMILES string of the molecule is CCN.COC(C)c1cc(Br)c(C(Br)Br)cc1Br.COC(C)c1cc(Br)c(CBr)cc1Br.COP(O)(OC)(C(C)C)C(C)C. The van der Waals surface area contributed by atoms with Gasteiger partial charge in [0.15, 0.2) is 0 Å². The van der Waals surface area contributed by atoms with Gasteiger partial charge in [0.25, 0.3) is 0 Å². The quantitative estimate of drug-likeness (QED) is 0.182. The van der Waals surface area contributed by atoms with Gasteiger partial charge in [-0.25, -0.2) is 0 Å². The van der Waals surface area contributed by atoms with Gasteiger partial charge in [-0.1, -0.05) is 118 Å². The predicted molar refractivity (Wildman–Crippen MR) is 216 cm³/mol.